The maximum atomic E-state index is 13.1. The van der Waals surface area contributed by atoms with Gasteiger partial charge < -0.3 is 5.11 Å². The molecule has 0 radical (unpaired) electrons. The monoisotopic (exact) mass is 396 g/mol. The summed E-state index contributed by atoms with van der Waals surface area (Å²) in [5, 5.41) is 20.5. The second-order valence-corrected chi connectivity index (χ2v) is 6.60. The quantitative estimate of drug-likeness (QED) is 0.680. The Morgan fingerprint density at radius 1 is 1.25 bits per heavy atom. The molecule has 140 valence electrons. The lowest BCUT2D eigenvalue weighted by Crippen LogP contribution is -2.27. The van der Waals surface area contributed by atoms with Crippen LogP contribution in [0.25, 0.3) is 0 Å². The Labute approximate surface area is 164 Å². The number of hydrogen-bond donors (Lipinski definition) is 1. The van der Waals surface area contributed by atoms with Crippen molar-refractivity contribution in [2.24, 2.45) is 0 Å². The summed E-state index contributed by atoms with van der Waals surface area (Å²) in [6, 6.07) is 13.3. The van der Waals surface area contributed by atoms with Gasteiger partial charge in [0.25, 0.3) is 5.56 Å². The van der Waals surface area contributed by atoms with Crippen LogP contribution in [0.5, 0.6) is 5.88 Å². The molecular formula is C21H14ClFN2O3. The van der Waals surface area contributed by atoms with Gasteiger partial charge in [0.1, 0.15) is 17.4 Å². The third kappa shape index (κ3) is 3.53. The van der Waals surface area contributed by atoms with E-state index < -0.39 is 23.0 Å². The molecule has 1 heterocycles. The molecule has 0 amide bonds. The average Bonchev–Trinajstić information content (AvgIpc) is 2.67. The molecule has 0 aliphatic heterocycles. The van der Waals surface area contributed by atoms with Crippen LogP contribution in [-0.4, -0.2) is 15.5 Å². The topological polar surface area (TPSA) is 83.1 Å². The van der Waals surface area contributed by atoms with E-state index in [1.165, 1.54) is 43.3 Å². The number of rotatable bonds is 4. The number of benzene rings is 2. The van der Waals surface area contributed by atoms with Crippen LogP contribution in [0.2, 0.25) is 5.02 Å². The molecule has 0 atom stereocenters. The Bertz CT molecular complexity index is 1180. The number of halogens is 2. The van der Waals surface area contributed by atoms with Crippen molar-refractivity contribution in [3.63, 3.8) is 0 Å². The molecule has 0 aliphatic rings. The molecule has 5 nitrogen and oxygen atoms in total. The van der Waals surface area contributed by atoms with Crippen molar-refractivity contribution in [1.29, 1.82) is 5.26 Å². The molecule has 0 fully saturated rings. The minimum absolute atomic E-state index is 0.0883. The minimum Gasteiger partial charge on any atom is -0.494 e. The third-order valence-corrected chi connectivity index (χ3v) is 4.60. The zero-order valence-corrected chi connectivity index (χ0v) is 15.5. The standard InChI is InChI=1S/C21H14ClFN2O3/c1-12-17(10-24)20(27)25(11-13-5-7-16(23)8-6-13)21(28)18(12)19(26)14-3-2-4-15(22)9-14/h2-9,28H,11H2,1H3. The van der Waals surface area contributed by atoms with E-state index in [0.29, 0.717) is 10.6 Å². The van der Waals surface area contributed by atoms with Crippen LogP contribution in [0, 0.1) is 24.1 Å². The fraction of sp³-hybridized carbons (Fsp3) is 0.0952. The summed E-state index contributed by atoms with van der Waals surface area (Å²) in [5.74, 6) is -1.57. The summed E-state index contributed by atoms with van der Waals surface area (Å²) in [6.07, 6.45) is 0. The van der Waals surface area contributed by atoms with Crippen LogP contribution in [0.15, 0.2) is 53.3 Å². The predicted octanol–water partition coefficient (Wildman–Crippen LogP) is 3.81. The molecule has 3 aromatic rings. The van der Waals surface area contributed by atoms with Crippen LogP contribution in [0.4, 0.5) is 4.39 Å². The maximum Gasteiger partial charge on any atom is 0.271 e. The number of carbonyl (C=O) groups excluding carboxylic acids is 1. The van der Waals surface area contributed by atoms with E-state index in [0.717, 1.165) is 4.57 Å². The smallest absolute Gasteiger partial charge is 0.271 e. The van der Waals surface area contributed by atoms with Crippen LogP contribution in [0.1, 0.15) is 32.6 Å². The normalized spacial score (nSPS) is 10.5. The summed E-state index contributed by atoms with van der Waals surface area (Å²) in [7, 11) is 0. The summed E-state index contributed by atoms with van der Waals surface area (Å²) in [6.45, 7) is 1.30. The number of nitriles is 1. The molecule has 0 bridgehead atoms. The number of aromatic nitrogens is 1. The van der Waals surface area contributed by atoms with Gasteiger partial charge in [-0.05, 0) is 42.3 Å². The van der Waals surface area contributed by atoms with Crippen molar-refractivity contribution < 1.29 is 14.3 Å². The van der Waals surface area contributed by atoms with E-state index in [2.05, 4.69) is 0 Å². The van der Waals surface area contributed by atoms with Gasteiger partial charge in [0.2, 0.25) is 5.88 Å². The van der Waals surface area contributed by atoms with Gasteiger partial charge in [-0.1, -0.05) is 35.9 Å². The minimum atomic E-state index is -0.732. The summed E-state index contributed by atoms with van der Waals surface area (Å²) >= 11 is 5.94. The van der Waals surface area contributed by atoms with Crippen molar-refractivity contribution in [3.05, 3.63) is 97.5 Å². The summed E-state index contributed by atoms with van der Waals surface area (Å²) in [4.78, 5) is 25.6. The predicted molar refractivity (Wildman–Crippen MR) is 102 cm³/mol. The van der Waals surface area contributed by atoms with Crippen LogP contribution < -0.4 is 5.56 Å². The highest BCUT2D eigenvalue weighted by Gasteiger charge is 2.25. The first-order valence-electron chi connectivity index (χ1n) is 8.24. The lowest BCUT2D eigenvalue weighted by atomic mass is 9.97. The molecule has 3 rings (SSSR count). The van der Waals surface area contributed by atoms with Gasteiger partial charge in [0.05, 0.1) is 12.1 Å². The molecular weight excluding hydrogens is 383 g/mol. The van der Waals surface area contributed by atoms with E-state index in [1.807, 2.05) is 0 Å². The summed E-state index contributed by atoms with van der Waals surface area (Å²) < 4.78 is 14.1. The van der Waals surface area contributed by atoms with Crippen molar-refractivity contribution >= 4 is 17.4 Å². The third-order valence-electron chi connectivity index (χ3n) is 4.37. The molecule has 0 aliphatic carbocycles. The molecule has 7 heteroatoms. The Kier molecular flexibility index (Phi) is 5.30. The molecule has 0 spiro atoms. The first-order valence-corrected chi connectivity index (χ1v) is 8.62. The van der Waals surface area contributed by atoms with Crippen molar-refractivity contribution in [3.8, 4) is 11.9 Å². The average molecular weight is 397 g/mol. The first-order chi connectivity index (χ1) is 13.3. The SMILES string of the molecule is Cc1c(C(=O)c2cccc(Cl)c2)c(O)n(Cc2ccc(F)cc2)c(=O)c1C#N. The van der Waals surface area contributed by atoms with E-state index in [9.17, 15) is 24.3 Å². The highest BCUT2D eigenvalue weighted by molar-refractivity contribution is 6.31. The second kappa shape index (κ2) is 7.67. The van der Waals surface area contributed by atoms with E-state index in [-0.39, 0.29) is 28.8 Å². The van der Waals surface area contributed by atoms with Gasteiger partial charge in [-0.2, -0.15) is 5.26 Å². The molecule has 1 aromatic heterocycles. The zero-order chi connectivity index (χ0) is 20.4. The molecule has 2 aromatic carbocycles. The maximum absolute atomic E-state index is 13.1. The fourth-order valence-electron chi connectivity index (χ4n) is 2.92. The Morgan fingerprint density at radius 2 is 1.93 bits per heavy atom. The lowest BCUT2D eigenvalue weighted by molar-refractivity contribution is 0.103. The van der Waals surface area contributed by atoms with Crippen LogP contribution in [0.3, 0.4) is 0 Å². The molecule has 0 saturated heterocycles. The number of pyridine rings is 1. The van der Waals surface area contributed by atoms with Crippen molar-refractivity contribution in [1.82, 2.24) is 4.57 Å². The van der Waals surface area contributed by atoms with Crippen molar-refractivity contribution in [2.75, 3.05) is 0 Å². The Hall–Kier alpha value is -3.43. The van der Waals surface area contributed by atoms with Gasteiger partial charge in [-0.25, -0.2) is 4.39 Å². The van der Waals surface area contributed by atoms with Gasteiger partial charge >= 0.3 is 0 Å². The van der Waals surface area contributed by atoms with Crippen LogP contribution >= 0.6 is 11.6 Å². The second-order valence-electron chi connectivity index (χ2n) is 6.17. The zero-order valence-electron chi connectivity index (χ0n) is 14.7. The highest BCUT2D eigenvalue weighted by atomic mass is 35.5. The Balaban J connectivity index is 2.20. The van der Waals surface area contributed by atoms with Crippen molar-refractivity contribution in [2.45, 2.75) is 13.5 Å². The first kappa shape index (κ1) is 19.3. The van der Waals surface area contributed by atoms with Gasteiger partial charge in [-0.3, -0.25) is 14.2 Å². The highest BCUT2D eigenvalue weighted by Crippen LogP contribution is 2.26. The Morgan fingerprint density at radius 3 is 2.54 bits per heavy atom. The fourth-order valence-corrected chi connectivity index (χ4v) is 3.11. The number of ketones is 1. The summed E-state index contributed by atoms with van der Waals surface area (Å²) in [5.41, 5.74) is -0.310. The number of nitrogens with zero attached hydrogens (tertiary/aromatic N) is 2. The number of carbonyl (C=O) groups is 1. The number of aromatic hydroxyl groups is 1. The molecule has 28 heavy (non-hydrogen) atoms. The van der Waals surface area contributed by atoms with Gasteiger partial charge in [0, 0.05) is 10.6 Å². The van der Waals surface area contributed by atoms with Gasteiger partial charge in [0.15, 0.2) is 5.78 Å². The number of hydrogen-bond acceptors (Lipinski definition) is 4. The van der Waals surface area contributed by atoms with Crippen LogP contribution in [-0.2, 0) is 6.54 Å². The molecule has 0 unspecified atom stereocenters. The van der Waals surface area contributed by atoms with Gasteiger partial charge in [-0.15, -0.1) is 0 Å². The largest absolute Gasteiger partial charge is 0.494 e. The van der Waals surface area contributed by atoms with E-state index in [4.69, 9.17) is 11.6 Å². The lowest BCUT2D eigenvalue weighted by Gasteiger charge is -2.16. The van der Waals surface area contributed by atoms with E-state index in [1.54, 1.807) is 18.2 Å². The van der Waals surface area contributed by atoms with E-state index >= 15 is 0 Å². The molecule has 1 N–H and O–H groups in total. The molecule has 0 saturated carbocycles.